The molecule has 16 heavy (non-hydrogen) atoms. The van der Waals surface area contributed by atoms with E-state index in [0.717, 1.165) is 18.4 Å². The molecule has 3 nitrogen and oxygen atoms in total. The summed E-state index contributed by atoms with van der Waals surface area (Å²) < 4.78 is 9.96. The highest BCUT2D eigenvalue weighted by Gasteiger charge is 2.52. The highest BCUT2D eigenvalue weighted by Crippen LogP contribution is 2.50. The molecule has 0 radical (unpaired) electrons. The van der Waals surface area contributed by atoms with E-state index < -0.39 is 5.41 Å². The molecule has 1 aliphatic rings. The molecule has 4 heteroatoms. The van der Waals surface area contributed by atoms with Crippen LogP contribution in [-0.2, 0) is 14.9 Å². The van der Waals surface area contributed by atoms with E-state index in [1.807, 2.05) is 12.1 Å². The molecule has 86 valence electrons. The third-order valence-electron chi connectivity index (χ3n) is 3.03. The van der Waals surface area contributed by atoms with Crippen LogP contribution in [0.25, 0.3) is 0 Å². The number of carbonyl (C=O) groups is 1. The molecule has 0 N–H and O–H groups in total. The van der Waals surface area contributed by atoms with Crippen LogP contribution in [0.1, 0.15) is 18.4 Å². The Hall–Kier alpha value is -1.22. The quantitative estimate of drug-likeness (QED) is 0.762. The lowest BCUT2D eigenvalue weighted by molar-refractivity contribution is -0.143. The standard InChI is InChI=1S/C12H13ClO3/c1-15-10-7-8(3-4-9(10)13)12(5-6-12)11(14)16-2/h3-4,7H,5-6H2,1-2H3. The van der Waals surface area contributed by atoms with Gasteiger partial charge in [0.2, 0.25) is 0 Å². The average Bonchev–Trinajstić information content (AvgIpc) is 3.10. The zero-order chi connectivity index (χ0) is 11.8. The lowest BCUT2D eigenvalue weighted by Crippen LogP contribution is -2.21. The van der Waals surface area contributed by atoms with E-state index in [0.29, 0.717) is 10.8 Å². The van der Waals surface area contributed by atoms with Crippen LogP contribution in [0.15, 0.2) is 18.2 Å². The van der Waals surface area contributed by atoms with Crippen molar-refractivity contribution in [2.75, 3.05) is 14.2 Å². The number of ether oxygens (including phenoxy) is 2. The SMILES string of the molecule is COC(=O)C1(c2ccc(Cl)c(OC)c2)CC1. The number of hydrogen-bond donors (Lipinski definition) is 0. The Morgan fingerprint density at radius 1 is 1.38 bits per heavy atom. The second kappa shape index (κ2) is 3.98. The summed E-state index contributed by atoms with van der Waals surface area (Å²) in [5.74, 6) is 0.409. The van der Waals surface area contributed by atoms with Gasteiger partial charge in [-0.05, 0) is 30.5 Å². The summed E-state index contributed by atoms with van der Waals surface area (Å²) in [7, 11) is 2.97. The largest absolute Gasteiger partial charge is 0.495 e. The van der Waals surface area contributed by atoms with Gasteiger partial charge in [-0.25, -0.2) is 0 Å². The first-order valence-corrected chi connectivity index (χ1v) is 5.44. The fraction of sp³-hybridized carbons (Fsp3) is 0.417. The summed E-state index contributed by atoms with van der Waals surface area (Å²) in [5.41, 5.74) is 0.452. The van der Waals surface area contributed by atoms with E-state index in [9.17, 15) is 4.79 Å². The van der Waals surface area contributed by atoms with Crippen molar-refractivity contribution in [1.29, 1.82) is 0 Å². The zero-order valence-corrected chi connectivity index (χ0v) is 10.0. The molecule has 1 fully saturated rings. The van der Waals surface area contributed by atoms with Crippen LogP contribution >= 0.6 is 11.6 Å². The molecule has 1 aliphatic carbocycles. The molecule has 1 aromatic rings. The van der Waals surface area contributed by atoms with Gasteiger partial charge in [0.25, 0.3) is 0 Å². The van der Waals surface area contributed by atoms with Crippen LogP contribution in [0.2, 0.25) is 5.02 Å². The number of hydrogen-bond acceptors (Lipinski definition) is 3. The Labute approximate surface area is 99.3 Å². The molecule has 0 atom stereocenters. The van der Waals surface area contributed by atoms with E-state index in [2.05, 4.69) is 0 Å². The van der Waals surface area contributed by atoms with E-state index in [1.54, 1.807) is 13.2 Å². The Bertz CT molecular complexity index is 424. The monoisotopic (exact) mass is 240 g/mol. The van der Waals surface area contributed by atoms with E-state index in [1.165, 1.54) is 7.11 Å². The first-order chi connectivity index (χ1) is 7.64. The lowest BCUT2D eigenvalue weighted by atomic mass is 9.96. The van der Waals surface area contributed by atoms with Gasteiger partial charge in [-0.3, -0.25) is 4.79 Å². The first kappa shape index (κ1) is 11.3. The maximum Gasteiger partial charge on any atom is 0.316 e. The van der Waals surface area contributed by atoms with Crippen molar-refractivity contribution in [3.05, 3.63) is 28.8 Å². The molecule has 0 spiro atoms. The third-order valence-corrected chi connectivity index (χ3v) is 3.34. The van der Waals surface area contributed by atoms with Crippen LogP contribution < -0.4 is 4.74 Å². The van der Waals surface area contributed by atoms with Crippen LogP contribution in [0, 0.1) is 0 Å². The van der Waals surface area contributed by atoms with Gasteiger partial charge in [-0.2, -0.15) is 0 Å². The molecular weight excluding hydrogens is 228 g/mol. The Balaban J connectivity index is 2.38. The molecule has 2 rings (SSSR count). The Morgan fingerprint density at radius 3 is 2.56 bits per heavy atom. The predicted molar refractivity (Wildman–Crippen MR) is 60.9 cm³/mol. The molecule has 1 saturated carbocycles. The highest BCUT2D eigenvalue weighted by molar-refractivity contribution is 6.32. The Morgan fingerprint density at radius 2 is 2.06 bits per heavy atom. The molecule has 0 unspecified atom stereocenters. The van der Waals surface area contributed by atoms with Gasteiger partial charge >= 0.3 is 5.97 Å². The number of carbonyl (C=O) groups excluding carboxylic acids is 1. The number of rotatable bonds is 3. The summed E-state index contributed by atoms with van der Waals surface area (Å²) in [6.45, 7) is 0. The van der Waals surface area contributed by atoms with Crippen molar-refractivity contribution < 1.29 is 14.3 Å². The number of methoxy groups -OCH3 is 2. The van der Waals surface area contributed by atoms with Gasteiger partial charge in [0.05, 0.1) is 24.7 Å². The summed E-state index contributed by atoms with van der Waals surface area (Å²) >= 11 is 5.94. The van der Waals surface area contributed by atoms with Crippen molar-refractivity contribution in [3.63, 3.8) is 0 Å². The first-order valence-electron chi connectivity index (χ1n) is 5.06. The summed E-state index contributed by atoms with van der Waals surface area (Å²) in [6, 6.07) is 5.42. The van der Waals surface area contributed by atoms with E-state index in [-0.39, 0.29) is 5.97 Å². The summed E-state index contributed by atoms with van der Waals surface area (Å²) in [5, 5.41) is 0.548. The van der Waals surface area contributed by atoms with Crippen LogP contribution in [0.4, 0.5) is 0 Å². The van der Waals surface area contributed by atoms with E-state index in [4.69, 9.17) is 21.1 Å². The Kier molecular flexibility index (Phi) is 2.80. The number of halogens is 1. The molecule has 0 heterocycles. The zero-order valence-electron chi connectivity index (χ0n) is 9.25. The molecule has 0 aromatic heterocycles. The summed E-state index contributed by atoms with van der Waals surface area (Å²) in [6.07, 6.45) is 1.65. The molecule has 1 aromatic carbocycles. The van der Waals surface area contributed by atoms with Gasteiger partial charge in [0.15, 0.2) is 0 Å². The average molecular weight is 241 g/mol. The lowest BCUT2D eigenvalue weighted by Gasteiger charge is -2.14. The maximum atomic E-state index is 11.7. The molecule has 0 saturated heterocycles. The van der Waals surface area contributed by atoms with E-state index >= 15 is 0 Å². The minimum atomic E-state index is -0.466. The highest BCUT2D eigenvalue weighted by atomic mass is 35.5. The normalized spacial score (nSPS) is 16.7. The van der Waals surface area contributed by atoms with Crippen molar-refractivity contribution >= 4 is 17.6 Å². The second-order valence-electron chi connectivity index (χ2n) is 3.92. The smallest absolute Gasteiger partial charge is 0.316 e. The fourth-order valence-corrected chi connectivity index (χ4v) is 2.08. The minimum absolute atomic E-state index is 0.183. The minimum Gasteiger partial charge on any atom is -0.495 e. The van der Waals surface area contributed by atoms with Crippen LogP contribution in [0.5, 0.6) is 5.75 Å². The third kappa shape index (κ3) is 1.65. The number of esters is 1. The fourth-order valence-electron chi connectivity index (χ4n) is 1.89. The van der Waals surface area contributed by atoms with Gasteiger partial charge in [-0.15, -0.1) is 0 Å². The second-order valence-corrected chi connectivity index (χ2v) is 4.33. The van der Waals surface area contributed by atoms with Crippen molar-refractivity contribution in [1.82, 2.24) is 0 Å². The summed E-state index contributed by atoms with van der Waals surface area (Å²) in [4.78, 5) is 11.7. The van der Waals surface area contributed by atoms with Gasteiger partial charge in [-0.1, -0.05) is 17.7 Å². The maximum absolute atomic E-state index is 11.7. The van der Waals surface area contributed by atoms with Gasteiger partial charge in [0, 0.05) is 0 Å². The van der Waals surface area contributed by atoms with Gasteiger partial charge in [0.1, 0.15) is 5.75 Å². The van der Waals surface area contributed by atoms with Crippen molar-refractivity contribution in [3.8, 4) is 5.75 Å². The molecule has 0 bridgehead atoms. The van der Waals surface area contributed by atoms with Gasteiger partial charge < -0.3 is 9.47 Å². The topological polar surface area (TPSA) is 35.5 Å². The van der Waals surface area contributed by atoms with Crippen LogP contribution in [0.3, 0.4) is 0 Å². The molecule has 0 amide bonds. The van der Waals surface area contributed by atoms with Crippen molar-refractivity contribution in [2.45, 2.75) is 18.3 Å². The number of benzene rings is 1. The van der Waals surface area contributed by atoms with Crippen LogP contribution in [-0.4, -0.2) is 20.2 Å². The molecular formula is C12H13ClO3. The predicted octanol–water partition coefficient (Wildman–Crippen LogP) is 2.55. The van der Waals surface area contributed by atoms with Crippen molar-refractivity contribution in [2.24, 2.45) is 0 Å². The molecule has 0 aliphatic heterocycles.